The molecule has 2 rings (SSSR count). The fourth-order valence-corrected chi connectivity index (χ4v) is 2.31. The van der Waals surface area contributed by atoms with Gasteiger partial charge in [-0.1, -0.05) is 12.5 Å². The third-order valence-corrected chi connectivity index (χ3v) is 3.59. The highest BCUT2D eigenvalue weighted by atomic mass is 16.4. The summed E-state index contributed by atoms with van der Waals surface area (Å²) in [5, 5.41) is 17.9. The summed E-state index contributed by atoms with van der Waals surface area (Å²) in [6.07, 6.45) is 4.37. The van der Waals surface area contributed by atoms with E-state index >= 15 is 0 Å². The van der Waals surface area contributed by atoms with E-state index in [0.29, 0.717) is 12.6 Å². The highest BCUT2D eigenvalue weighted by Crippen LogP contribution is 2.26. The molecule has 0 unspecified atom stereocenters. The molecule has 1 aliphatic rings. The topological polar surface area (TPSA) is 73.7 Å². The van der Waals surface area contributed by atoms with Gasteiger partial charge in [-0.05, 0) is 31.4 Å². The Morgan fingerprint density at radius 2 is 2.21 bits per heavy atom. The van der Waals surface area contributed by atoms with Crippen LogP contribution in [-0.4, -0.2) is 45.3 Å². The van der Waals surface area contributed by atoms with Gasteiger partial charge < -0.3 is 10.2 Å². The minimum atomic E-state index is -0.993. The predicted octanol–water partition coefficient (Wildman–Crippen LogP) is 1.52. The number of carboxylic acids is 1. The molecule has 5 nitrogen and oxygen atoms in total. The molecule has 1 fully saturated rings. The number of aliphatic hydroxyl groups excluding tert-OH is 1. The van der Waals surface area contributed by atoms with Gasteiger partial charge in [-0.15, -0.1) is 0 Å². The third kappa shape index (κ3) is 3.75. The molecule has 0 spiro atoms. The molecule has 1 aromatic heterocycles. The van der Waals surface area contributed by atoms with Gasteiger partial charge in [0.15, 0.2) is 0 Å². The summed E-state index contributed by atoms with van der Waals surface area (Å²) < 4.78 is 0. The van der Waals surface area contributed by atoms with E-state index in [9.17, 15) is 4.79 Å². The van der Waals surface area contributed by atoms with Crippen molar-refractivity contribution < 1.29 is 15.0 Å². The minimum Gasteiger partial charge on any atom is -0.477 e. The number of aromatic nitrogens is 1. The fourth-order valence-electron chi connectivity index (χ4n) is 2.31. The predicted molar refractivity (Wildman–Crippen MR) is 70.9 cm³/mol. The normalized spacial score (nSPS) is 15.5. The van der Waals surface area contributed by atoms with E-state index in [1.807, 2.05) is 6.07 Å². The van der Waals surface area contributed by atoms with Crippen LogP contribution in [0, 0.1) is 0 Å². The quantitative estimate of drug-likeness (QED) is 0.781. The van der Waals surface area contributed by atoms with Crippen LogP contribution in [0.2, 0.25) is 0 Å². The van der Waals surface area contributed by atoms with E-state index in [1.165, 1.54) is 25.3 Å². The number of hydrogen-bond donors (Lipinski definition) is 2. The van der Waals surface area contributed by atoms with Crippen molar-refractivity contribution in [3.63, 3.8) is 0 Å². The molecule has 0 atom stereocenters. The van der Waals surface area contributed by atoms with Crippen molar-refractivity contribution in [2.45, 2.75) is 38.3 Å². The molecule has 104 valence electrons. The monoisotopic (exact) mass is 264 g/mol. The molecule has 0 aliphatic heterocycles. The molecule has 0 radical (unpaired) electrons. The summed E-state index contributed by atoms with van der Waals surface area (Å²) in [4.78, 5) is 17.4. The third-order valence-electron chi connectivity index (χ3n) is 3.59. The van der Waals surface area contributed by atoms with E-state index in [-0.39, 0.29) is 12.3 Å². The zero-order chi connectivity index (χ0) is 13.7. The van der Waals surface area contributed by atoms with Crippen molar-refractivity contribution in [2.24, 2.45) is 0 Å². The van der Waals surface area contributed by atoms with Gasteiger partial charge in [0.1, 0.15) is 5.69 Å². The standard InChI is InChI=1S/C14H20N2O3/c17-9-3-8-16(12-5-2-6-12)10-11-4-1-7-13(15-11)14(18)19/h1,4,7,12,17H,2-3,5-6,8-10H2,(H,18,19). The Labute approximate surface area is 112 Å². The Bertz CT molecular complexity index is 432. The maximum atomic E-state index is 10.9. The van der Waals surface area contributed by atoms with Crippen molar-refractivity contribution in [1.29, 1.82) is 0 Å². The molecule has 2 N–H and O–H groups in total. The summed E-state index contributed by atoms with van der Waals surface area (Å²) >= 11 is 0. The number of hydrogen-bond acceptors (Lipinski definition) is 4. The molecule has 1 heterocycles. The van der Waals surface area contributed by atoms with Crippen LogP contribution in [0.5, 0.6) is 0 Å². The number of rotatable bonds is 7. The van der Waals surface area contributed by atoms with Crippen LogP contribution < -0.4 is 0 Å². The van der Waals surface area contributed by atoms with Crippen LogP contribution in [0.25, 0.3) is 0 Å². The number of carboxylic acid groups (broad SMARTS) is 1. The molecular weight excluding hydrogens is 244 g/mol. The minimum absolute atomic E-state index is 0.0909. The van der Waals surface area contributed by atoms with Gasteiger partial charge >= 0.3 is 5.97 Å². The maximum absolute atomic E-state index is 10.9. The van der Waals surface area contributed by atoms with Crippen LogP contribution in [0.15, 0.2) is 18.2 Å². The van der Waals surface area contributed by atoms with Crippen molar-refractivity contribution in [3.05, 3.63) is 29.6 Å². The molecule has 1 aliphatic carbocycles. The zero-order valence-corrected chi connectivity index (χ0v) is 11.0. The Kier molecular flexibility index (Phi) is 4.87. The molecule has 5 heteroatoms. The molecular formula is C14H20N2O3. The number of nitrogens with zero attached hydrogens (tertiary/aromatic N) is 2. The van der Waals surface area contributed by atoms with E-state index in [2.05, 4.69) is 9.88 Å². The molecule has 1 saturated carbocycles. The Hall–Kier alpha value is -1.46. The van der Waals surface area contributed by atoms with Gasteiger partial charge in [-0.25, -0.2) is 9.78 Å². The number of pyridine rings is 1. The van der Waals surface area contributed by atoms with E-state index in [4.69, 9.17) is 10.2 Å². The first-order chi connectivity index (χ1) is 9.20. The van der Waals surface area contributed by atoms with E-state index < -0.39 is 5.97 Å². The molecule has 0 aromatic carbocycles. The lowest BCUT2D eigenvalue weighted by Crippen LogP contribution is -2.40. The summed E-state index contributed by atoms with van der Waals surface area (Å²) in [6.45, 7) is 1.68. The highest BCUT2D eigenvalue weighted by molar-refractivity contribution is 5.85. The Morgan fingerprint density at radius 3 is 2.79 bits per heavy atom. The fraction of sp³-hybridized carbons (Fsp3) is 0.571. The number of carbonyl (C=O) groups is 1. The number of aliphatic hydroxyl groups is 1. The first kappa shape index (κ1) is 14.0. The summed E-state index contributed by atoms with van der Waals surface area (Å²) in [5.41, 5.74) is 0.873. The van der Waals surface area contributed by atoms with Gasteiger partial charge in [-0.3, -0.25) is 4.90 Å². The van der Waals surface area contributed by atoms with Gasteiger partial charge in [0.2, 0.25) is 0 Å². The highest BCUT2D eigenvalue weighted by Gasteiger charge is 2.24. The smallest absolute Gasteiger partial charge is 0.354 e. The van der Waals surface area contributed by atoms with Gasteiger partial charge in [0.05, 0.1) is 5.69 Å². The van der Waals surface area contributed by atoms with Gasteiger partial charge in [0, 0.05) is 25.7 Å². The first-order valence-corrected chi connectivity index (χ1v) is 6.75. The van der Waals surface area contributed by atoms with Crippen molar-refractivity contribution in [3.8, 4) is 0 Å². The van der Waals surface area contributed by atoms with Crippen LogP contribution in [0.4, 0.5) is 0 Å². The average molecular weight is 264 g/mol. The summed E-state index contributed by atoms with van der Waals surface area (Å²) in [6, 6.07) is 5.66. The van der Waals surface area contributed by atoms with Gasteiger partial charge in [0.25, 0.3) is 0 Å². The second kappa shape index (κ2) is 6.63. The number of aromatic carboxylic acids is 1. The maximum Gasteiger partial charge on any atom is 0.354 e. The van der Waals surface area contributed by atoms with Gasteiger partial charge in [-0.2, -0.15) is 0 Å². The SMILES string of the molecule is O=C(O)c1cccc(CN(CCCO)C2CCC2)n1. The van der Waals surface area contributed by atoms with Crippen LogP contribution in [0.1, 0.15) is 41.9 Å². The van der Waals surface area contributed by atoms with E-state index in [0.717, 1.165) is 18.7 Å². The Morgan fingerprint density at radius 1 is 1.42 bits per heavy atom. The molecule has 0 amide bonds. The zero-order valence-electron chi connectivity index (χ0n) is 11.0. The van der Waals surface area contributed by atoms with Crippen LogP contribution >= 0.6 is 0 Å². The van der Waals surface area contributed by atoms with Crippen molar-refractivity contribution in [1.82, 2.24) is 9.88 Å². The lowest BCUT2D eigenvalue weighted by Gasteiger charge is -2.37. The molecule has 1 aromatic rings. The van der Waals surface area contributed by atoms with Crippen molar-refractivity contribution >= 4 is 5.97 Å². The second-order valence-corrected chi connectivity index (χ2v) is 4.95. The summed E-state index contributed by atoms with van der Waals surface area (Å²) in [7, 11) is 0. The average Bonchev–Trinajstić information content (AvgIpc) is 2.34. The van der Waals surface area contributed by atoms with E-state index in [1.54, 1.807) is 6.07 Å². The molecule has 0 saturated heterocycles. The lowest BCUT2D eigenvalue weighted by atomic mass is 9.91. The summed E-state index contributed by atoms with van der Waals surface area (Å²) in [5.74, 6) is -0.993. The van der Waals surface area contributed by atoms with Crippen LogP contribution in [0.3, 0.4) is 0 Å². The largest absolute Gasteiger partial charge is 0.477 e. The van der Waals surface area contributed by atoms with Crippen molar-refractivity contribution in [2.75, 3.05) is 13.2 Å². The Balaban J connectivity index is 2.02. The second-order valence-electron chi connectivity index (χ2n) is 4.95. The lowest BCUT2D eigenvalue weighted by molar-refractivity contribution is 0.0689. The van der Waals surface area contributed by atoms with Crippen LogP contribution in [-0.2, 0) is 6.54 Å². The molecule has 0 bridgehead atoms. The first-order valence-electron chi connectivity index (χ1n) is 6.75. The molecule has 19 heavy (non-hydrogen) atoms.